The molecule has 16 heavy (non-hydrogen) atoms. The summed E-state index contributed by atoms with van der Waals surface area (Å²) in [6.07, 6.45) is 11.0. The summed E-state index contributed by atoms with van der Waals surface area (Å²) in [5.74, 6) is 0. The Balaban J connectivity index is 2.40. The molecule has 0 aromatic heterocycles. The van der Waals surface area contributed by atoms with Crippen molar-refractivity contribution >= 4 is 15.9 Å². The van der Waals surface area contributed by atoms with E-state index in [-0.39, 0.29) is 0 Å². The van der Waals surface area contributed by atoms with Crippen LogP contribution in [0.25, 0.3) is 0 Å². The standard InChI is InChI=1S/C14H27BrO/c1-3-9-14(11-15,10-4-2)12-16-13-7-5-6-8-13/h13H,3-12H2,1-2H3. The van der Waals surface area contributed by atoms with E-state index in [1.165, 1.54) is 51.4 Å². The Morgan fingerprint density at radius 3 is 2.12 bits per heavy atom. The molecule has 0 atom stereocenters. The summed E-state index contributed by atoms with van der Waals surface area (Å²) < 4.78 is 6.13. The van der Waals surface area contributed by atoms with Crippen molar-refractivity contribution in [3.63, 3.8) is 0 Å². The van der Waals surface area contributed by atoms with Crippen molar-refractivity contribution in [1.29, 1.82) is 0 Å². The third-order valence-corrected chi connectivity index (χ3v) is 4.96. The van der Waals surface area contributed by atoms with E-state index >= 15 is 0 Å². The number of ether oxygens (including phenoxy) is 1. The van der Waals surface area contributed by atoms with Crippen LogP contribution in [0, 0.1) is 5.41 Å². The zero-order chi connectivity index (χ0) is 11.9. The van der Waals surface area contributed by atoms with Gasteiger partial charge in [0.2, 0.25) is 0 Å². The summed E-state index contributed by atoms with van der Waals surface area (Å²) in [5.41, 5.74) is 0.395. The predicted octanol–water partition coefficient (Wildman–Crippen LogP) is 4.93. The third kappa shape index (κ3) is 4.37. The third-order valence-electron chi connectivity index (χ3n) is 3.77. The minimum absolute atomic E-state index is 0.395. The highest BCUT2D eigenvalue weighted by Crippen LogP contribution is 2.34. The van der Waals surface area contributed by atoms with Crippen LogP contribution < -0.4 is 0 Å². The first-order valence-corrected chi connectivity index (χ1v) is 8.06. The molecule has 0 aromatic carbocycles. The van der Waals surface area contributed by atoms with E-state index in [0.717, 1.165) is 11.9 Å². The number of hydrogen-bond donors (Lipinski definition) is 0. The summed E-state index contributed by atoms with van der Waals surface area (Å²) in [5, 5.41) is 1.09. The van der Waals surface area contributed by atoms with Crippen molar-refractivity contribution in [3.8, 4) is 0 Å². The van der Waals surface area contributed by atoms with Crippen LogP contribution in [-0.4, -0.2) is 18.0 Å². The maximum absolute atomic E-state index is 6.13. The molecule has 0 aliphatic heterocycles. The summed E-state index contributed by atoms with van der Waals surface area (Å²) in [6.45, 7) is 5.52. The first-order chi connectivity index (χ1) is 7.76. The maximum atomic E-state index is 6.13. The smallest absolute Gasteiger partial charge is 0.0575 e. The molecule has 2 heteroatoms. The molecule has 0 N–H and O–H groups in total. The highest BCUT2D eigenvalue weighted by atomic mass is 79.9. The Labute approximate surface area is 109 Å². The summed E-state index contributed by atoms with van der Waals surface area (Å²) in [4.78, 5) is 0. The number of hydrogen-bond acceptors (Lipinski definition) is 1. The van der Waals surface area contributed by atoms with Gasteiger partial charge in [-0.3, -0.25) is 0 Å². The van der Waals surface area contributed by atoms with Crippen molar-refractivity contribution in [2.24, 2.45) is 5.41 Å². The van der Waals surface area contributed by atoms with Gasteiger partial charge < -0.3 is 4.74 Å². The van der Waals surface area contributed by atoms with Gasteiger partial charge in [0, 0.05) is 10.7 Å². The summed E-state index contributed by atoms with van der Waals surface area (Å²) in [6, 6.07) is 0. The highest BCUT2D eigenvalue weighted by molar-refractivity contribution is 9.09. The van der Waals surface area contributed by atoms with E-state index in [1.807, 2.05) is 0 Å². The number of rotatable bonds is 8. The fraction of sp³-hybridized carbons (Fsp3) is 1.00. The van der Waals surface area contributed by atoms with Crippen LogP contribution in [0.5, 0.6) is 0 Å². The van der Waals surface area contributed by atoms with E-state index in [4.69, 9.17) is 4.74 Å². The Hall–Kier alpha value is 0.440. The maximum Gasteiger partial charge on any atom is 0.0575 e. The van der Waals surface area contributed by atoms with Crippen molar-refractivity contribution in [3.05, 3.63) is 0 Å². The summed E-state index contributed by atoms with van der Waals surface area (Å²) in [7, 11) is 0. The Morgan fingerprint density at radius 2 is 1.69 bits per heavy atom. The van der Waals surface area contributed by atoms with Gasteiger partial charge in [0.1, 0.15) is 0 Å². The van der Waals surface area contributed by atoms with Gasteiger partial charge in [0.15, 0.2) is 0 Å². The molecule has 0 aromatic rings. The molecule has 0 spiro atoms. The van der Waals surface area contributed by atoms with Crippen molar-refractivity contribution in [2.45, 2.75) is 71.3 Å². The van der Waals surface area contributed by atoms with Gasteiger partial charge in [-0.15, -0.1) is 0 Å². The molecule has 0 saturated heterocycles. The zero-order valence-electron chi connectivity index (χ0n) is 10.9. The molecule has 1 aliphatic carbocycles. The molecular weight excluding hydrogens is 264 g/mol. The van der Waals surface area contributed by atoms with Crippen LogP contribution in [0.2, 0.25) is 0 Å². The van der Waals surface area contributed by atoms with E-state index in [9.17, 15) is 0 Å². The van der Waals surface area contributed by atoms with Gasteiger partial charge in [-0.05, 0) is 25.7 Å². The molecular formula is C14H27BrO. The van der Waals surface area contributed by atoms with Gasteiger partial charge in [-0.1, -0.05) is 55.5 Å². The lowest BCUT2D eigenvalue weighted by Gasteiger charge is -2.32. The number of halogens is 1. The average Bonchev–Trinajstić information content (AvgIpc) is 2.79. The van der Waals surface area contributed by atoms with Crippen molar-refractivity contribution < 1.29 is 4.74 Å². The van der Waals surface area contributed by atoms with Crippen LogP contribution in [0.4, 0.5) is 0 Å². The van der Waals surface area contributed by atoms with Crippen LogP contribution in [0.3, 0.4) is 0 Å². The highest BCUT2D eigenvalue weighted by Gasteiger charge is 2.29. The lowest BCUT2D eigenvalue weighted by atomic mass is 9.82. The van der Waals surface area contributed by atoms with Gasteiger partial charge in [-0.25, -0.2) is 0 Å². The molecule has 1 rings (SSSR count). The Bertz CT molecular complexity index is 170. The van der Waals surface area contributed by atoms with Crippen LogP contribution >= 0.6 is 15.9 Å². The normalized spacial score (nSPS) is 18.2. The molecule has 1 aliphatic rings. The molecule has 0 heterocycles. The van der Waals surface area contributed by atoms with Crippen LogP contribution in [-0.2, 0) is 4.74 Å². The molecule has 96 valence electrons. The van der Waals surface area contributed by atoms with Gasteiger partial charge in [0.05, 0.1) is 12.7 Å². The molecule has 0 radical (unpaired) electrons. The topological polar surface area (TPSA) is 9.23 Å². The second-order valence-corrected chi connectivity index (χ2v) is 5.91. The van der Waals surface area contributed by atoms with E-state index in [1.54, 1.807) is 0 Å². The van der Waals surface area contributed by atoms with Crippen molar-refractivity contribution in [2.75, 3.05) is 11.9 Å². The average molecular weight is 291 g/mol. The second kappa shape index (κ2) is 7.71. The quantitative estimate of drug-likeness (QED) is 0.576. The molecule has 0 bridgehead atoms. The zero-order valence-corrected chi connectivity index (χ0v) is 12.5. The number of alkyl halides is 1. The van der Waals surface area contributed by atoms with Gasteiger partial charge in [0.25, 0.3) is 0 Å². The lowest BCUT2D eigenvalue weighted by Crippen LogP contribution is -2.30. The summed E-state index contributed by atoms with van der Waals surface area (Å²) >= 11 is 3.70. The fourth-order valence-electron chi connectivity index (χ4n) is 2.85. The van der Waals surface area contributed by atoms with E-state index in [2.05, 4.69) is 29.8 Å². The van der Waals surface area contributed by atoms with Gasteiger partial charge in [-0.2, -0.15) is 0 Å². The van der Waals surface area contributed by atoms with Crippen LogP contribution in [0.15, 0.2) is 0 Å². The second-order valence-electron chi connectivity index (χ2n) is 5.35. The lowest BCUT2D eigenvalue weighted by molar-refractivity contribution is -0.00462. The molecule has 0 amide bonds. The monoisotopic (exact) mass is 290 g/mol. The fourth-order valence-corrected chi connectivity index (χ4v) is 3.57. The minimum atomic E-state index is 0.395. The van der Waals surface area contributed by atoms with E-state index in [0.29, 0.717) is 11.5 Å². The minimum Gasteiger partial charge on any atom is -0.378 e. The van der Waals surface area contributed by atoms with E-state index < -0.39 is 0 Å². The first-order valence-electron chi connectivity index (χ1n) is 6.94. The largest absolute Gasteiger partial charge is 0.378 e. The van der Waals surface area contributed by atoms with Crippen molar-refractivity contribution in [1.82, 2.24) is 0 Å². The predicted molar refractivity (Wildman–Crippen MR) is 74.3 cm³/mol. The molecule has 1 saturated carbocycles. The van der Waals surface area contributed by atoms with Gasteiger partial charge >= 0.3 is 0 Å². The molecule has 1 fully saturated rings. The molecule has 0 unspecified atom stereocenters. The SMILES string of the molecule is CCCC(CBr)(CCC)COC1CCCC1. The Kier molecular flexibility index (Phi) is 6.98. The first kappa shape index (κ1) is 14.5. The Morgan fingerprint density at radius 1 is 1.12 bits per heavy atom. The molecule has 1 nitrogen and oxygen atoms in total. The van der Waals surface area contributed by atoms with Crippen LogP contribution in [0.1, 0.15) is 65.2 Å².